The first kappa shape index (κ1) is 7.93. The topological polar surface area (TPSA) is 75.6 Å². The summed E-state index contributed by atoms with van der Waals surface area (Å²) in [5, 5.41) is 12.1. The van der Waals surface area contributed by atoms with Crippen molar-refractivity contribution < 1.29 is 0 Å². The van der Waals surface area contributed by atoms with Crippen LogP contribution in [-0.2, 0) is 6.67 Å². The monoisotopic (exact) mass is 157 g/mol. The van der Waals surface area contributed by atoms with Gasteiger partial charge in [-0.2, -0.15) is 4.68 Å². The van der Waals surface area contributed by atoms with Gasteiger partial charge in [-0.15, -0.1) is 0 Å². The van der Waals surface area contributed by atoms with Crippen LogP contribution in [0.4, 0.5) is 0 Å². The van der Waals surface area contributed by atoms with Crippen LogP contribution < -0.4 is 11.0 Å². The van der Waals surface area contributed by atoms with E-state index in [4.69, 9.17) is 0 Å². The highest BCUT2D eigenvalue weighted by atomic mass is 16.2. The van der Waals surface area contributed by atoms with Crippen LogP contribution in [0.15, 0.2) is 4.79 Å². The molecule has 0 aliphatic rings. The molecular formula is C5H11N5O. The molecular weight excluding hydrogens is 146 g/mol. The molecule has 1 aromatic rings. The molecule has 0 aliphatic carbocycles. The maximum Gasteiger partial charge on any atom is 0.362 e. The fourth-order valence-electron chi connectivity index (χ4n) is 0.590. The molecule has 0 radical (unpaired) electrons. The van der Waals surface area contributed by atoms with Crippen LogP contribution in [-0.4, -0.2) is 26.2 Å². The van der Waals surface area contributed by atoms with Gasteiger partial charge in [-0.25, -0.2) is 9.89 Å². The molecule has 1 rings (SSSR count). The van der Waals surface area contributed by atoms with Crippen LogP contribution in [0, 0.1) is 0 Å². The number of aromatic nitrogens is 4. The minimum Gasteiger partial charge on any atom is -0.296 e. The summed E-state index contributed by atoms with van der Waals surface area (Å²) >= 11 is 0. The third-order valence-electron chi connectivity index (χ3n) is 1.18. The Morgan fingerprint density at radius 1 is 1.73 bits per heavy atom. The van der Waals surface area contributed by atoms with E-state index in [-0.39, 0.29) is 5.69 Å². The van der Waals surface area contributed by atoms with Gasteiger partial charge in [-0.3, -0.25) is 5.32 Å². The predicted molar refractivity (Wildman–Crippen MR) is 38.9 cm³/mol. The lowest BCUT2D eigenvalue weighted by molar-refractivity contribution is 0.449. The van der Waals surface area contributed by atoms with Gasteiger partial charge in [0.15, 0.2) is 0 Å². The summed E-state index contributed by atoms with van der Waals surface area (Å²) in [6.07, 6.45) is 0. The van der Waals surface area contributed by atoms with Crippen LogP contribution in [0.25, 0.3) is 0 Å². The van der Waals surface area contributed by atoms with Crippen LogP contribution in [0.3, 0.4) is 0 Å². The second-order valence-electron chi connectivity index (χ2n) is 2.52. The number of hydrogen-bond donors (Lipinski definition) is 2. The number of tetrazole rings is 1. The summed E-state index contributed by atoms with van der Waals surface area (Å²) in [6, 6.07) is 0.332. The van der Waals surface area contributed by atoms with Crippen molar-refractivity contribution >= 4 is 0 Å². The molecule has 11 heavy (non-hydrogen) atoms. The van der Waals surface area contributed by atoms with E-state index in [9.17, 15) is 4.79 Å². The number of nitrogens with one attached hydrogen (secondary N) is 2. The second kappa shape index (κ2) is 3.29. The molecule has 1 heterocycles. The third-order valence-corrected chi connectivity index (χ3v) is 1.18. The molecule has 0 saturated carbocycles. The first-order valence-corrected chi connectivity index (χ1v) is 3.41. The number of aromatic amines is 1. The van der Waals surface area contributed by atoms with E-state index in [0.717, 1.165) is 0 Å². The summed E-state index contributed by atoms with van der Waals surface area (Å²) < 4.78 is 1.22. The van der Waals surface area contributed by atoms with E-state index in [1.165, 1.54) is 4.68 Å². The molecule has 0 spiro atoms. The van der Waals surface area contributed by atoms with Gasteiger partial charge in [0.1, 0.15) is 0 Å². The first-order valence-electron chi connectivity index (χ1n) is 3.41. The molecule has 0 bridgehead atoms. The zero-order valence-electron chi connectivity index (χ0n) is 6.53. The fourth-order valence-corrected chi connectivity index (χ4v) is 0.590. The average Bonchev–Trinajstić information content (AvgIpc) is 2.31. The minimum atomic E-state index is -0.293. The van der Waals surface area contributed by atoms with Crippen LogP contribution in [0.5, 0.6) is 0 Å². The van der Waals surface area contributed by atoms with Crippen molar-refractivity contribution in [1.82, 2.24) is 25.5 Å². The smallest absolute Gasteiger partial charge is 0.296 e. The van der Waals surface area contributed by atoms with Crippen molar-refractivity contribution in [3.8, 4) is 0 Å². The van der Waals surface area contributed by atoms with E-state index in [1.54, 1.807) is 0 Å². The molecule has 0 aliphatic heterocycles. The van der Waals surface area contributed by atoms with Crippen molar-refractivity contribution in [2.45, 2.75) is 26.6 Å². The lowest BCUT2D eigenvalue weighted by Crippen LogP contribution is -2.31. The van der Waals surface area contributed by atoms with Gasteiger partial charge in [0, 0.05) is 6.04 Å². The van der Waals surface area contributed by atoms with Gasteiger partial charge < -0.3 is 0 Å². The Morgan fingerprint density at radius 2 is 2.45 bits per heavy atom. The molecule has 0 fully saturated rings. The summed E-state index contributed by atoms with van der Waals surface area (Å²) in [5.74, 6) is 0. The Labute approximate surface area is 63.6 Å². The van der Waals surface area contributed by atoms with Gasteiger partial charge in [0.25, 0.3) is 0 Å². The molecule has 0 atom stereocenters. The molecule has 6 nitrogen and oxygen atoms in total. The molecule has 0 aromatic carbocycles. The van der Waals surface area contributed by atoms with E-state index >= 15 is 0 Å². The third kappa shape index (κ3) is 2.15. The summed E-state index contributed by atoms with van der Waals surface area (Å²) in [4.78, 5) is 10.8. The maximum absolute atomic E-state index is 10.8. The number of rotatable bonds is 3. The largest absolute Gasteiger partial charge is 0.362 e. The molecule has 2 N–H and O–H groups in total. The van der Waals surface area contributed by atoms with Crippen molar-refractivity contribution in [3.63, 3.8) is 0 Å². The maximum atomic E-state index is 10.8. The number of H-pyrrole nitrogens is 1. The van der Waals surface area contributed by atoms with Gasteiger partial charge >= 0.3 is 5.69 Å². The van der Waals surface area contributed by atoms with Crippen molar-refractivity contribution in [1.29, 1.82) is 0 Å². The van der Waals surface area contributed by atoms with Crippen LogP contribution in [0.1, 0.15) is 13.8 Å². The SMILES string of the molecule is CC(C)NCn1nn[nH]c1=O. The fraction of sp³-hybridized carbons (Fsp3) is 0.800. The van der Waals surface area contributed by atoms with Gasteiger partial charge in [0.05, 0.1) is 6.67 Å². The van der Waals surface area contributed by atoms with Crippen LogP contribution >= 0.6 is 0 Å². The first-order chi connectivity index (χ1) is 5.20. The Hall–Kier alpha value is -1.17. The lowest BCUT2D eigenvalue weighted by atomic mass is 10.4. The molecule has 1 aromatic heterocycles. The lowest BCUT2D eigenvalue weighted by Gasteiger charge is -2.04. The summed E-state index contributed by atoms with van der Waals surface area (Å²) in [7, 11) is 0. The van der Waals surface area contributed by atoms with Crippen molar-refractivity contribution in [2.75, 3.05) is 0 Å². The molecule has 0 unspecified atom stereocenters. The van der Waals surface area contributed by atoms with Crippen LogP contribution in [0.2, 0.25) is 0 Å². The quantitative estimate of drug-likeness (QED) is 0.585. The van der Waals surface area contributed by atoms with E-state index < -0.39 is 0 Å². The zero-order chi connectivity index (χ0) is 8.27. The van der Waals surface area contributed by atoms with Crippen molar-refractivity contribution in [3.05, 3.63) is 10.5 Å². The molecule has 62 valence electrons. The highest BCUT2D eigenvalue weighted by Gasteiger charge is 1.97. The Bertz CT molecular complexity index is 262. The number of hydrogen-bond acceptors (Lipinski definition) is 4. The normalized spacial score (nSPS) is 10.8. The van der Waals surface area contributed by atoms with Gasteiger partial charge in [0.2, 0.25) is 0 Å². The summed E-state index contributed by atoms with van der Waals surface area (Å²) in [5.41, 5.74) is -0.293. The average molecular weight is 157 g/mol. The van der Waals surface area contributed by atoms with E-state index in [2.05, 4.69) is 20.8 Å². The predicted octanol–water partition coefficient (Wildman–Crippen LogP) is -1.08. The van der Waals surface area contributed by atoms with Gasteiger partial charge in [-0.05, 0) is 24.3 Å². The number of nitrogens with zero attached hydrogens (tertiary/aromatic N) is 3. The highest BCUT2D eigenvalue weighted by molar-refractivity contribution is 4.53. The van der Waals surface area contributed by atoms with E-state index in [0.29, 0.717) is 12.7 Å². The molecule has 6 heteroatoms. The Balaban J connectivity index is 2.51. The Kier molecular flexibility index (Phi) is 2.37. The molecule has 0 saturated heterocycles. The summed E-state index contributed by atoms with van der Waals surface area (Å²) in [6.45, 7) is 4.38. The van der Waals surface area contributed by atoms with E-state index in [1.807, 2.05) is 13.8 Å². The second-order valence-corrected chi connectivity index (χ2v) is 2.52. The zero-order valence-corrected chi connectivity index (χ0v) is 6.53. The minimum absolute atomic E-state index is 0.293. The standard InChI is InChI=1S/C5H11N5O/c1-4(2)6-3-10-5(11)7-8-9-10/h4,6H,3H2,1-2H3,(H,7,9,11). The van der Waals surface area contributed by atoms with Crippen molar-refractivity contribution in [2.24, 2.45) is 0 Å². The Morgan fingerprint density at radius 3 is 2.91 bits per heavy atom. The molecule has 0 amide bonds. The highest BCUT2D eigenvalue weighted by Crippen LogP contribution is 1.75. The van der Waals surface area contributed by atoms with Gasteiger partial charge in [-0.1, -0.05) is 0 Å².